The van der Waals surface area contributed by atoms with E-state index in [0.29, 0.717) is 12.9 Å². The van der Waals surface area contributed by atoms with Crippen molar-refractivity contribution < 1.29 is 19.1 Å². The van der Waals surface area contributed by atoms with Gasteiger partial charge in [0, 0.05) is 19.1 Å². The highest BCUT2D eigenvalue weighted by Gasteiger charge is 2.47. The molecule has 5 heteroatoms. The summed E-state index contributed by atoms with van der Waals surface area (Å²) in [6.45, 7) is 4.82. The van der Waals surface area contributed by atoms with Gasteiger partial charge in [0.1, 0.15) is 0 Å². The van der Waals surface area contributed by atoms with E-state index in [0.717, 1.165) is 53.5 Å². The van der Waals surface area contributed by atoms with Crippen molar-refractivity contribution >= 4 is 18.0 Å². The Kier molecular flexibility index (Phi) is 5.47. The third-order valence-corrected chi connectivity index (χ3v) is 5.78. The normalized spacial score (nSPS) is 25.5. The zero-order valence-corrected chi connectivity index (χ0v) is 15.8. The molecule has 0 aromatic heterocycles. The van der Waals surface area contributed by atoms with E-state index in [1.807, 2.05) is 13.8 Å². The maximum absolute atomic E-state index is 13.0. The van der Waals surface area contributed by atoms with Crippen LogP contribution in [0.15, 0.2) is 23.8 Å². The SMILES string of the molecule is COC1CCC2(CC1)NC(=O)C(c1cc(C)ccc1C)=C2CCOC=O. The first-order valence-electron chi connectivity index (χ1n) is 9.22. The second-order valence-corrected chi connectivity index (χ2v) is 7.36. The highest BCUT2D eigenvalue weighted by molar-refractivity contribution is 6.24. The number of hydrogen-bond acceptors (Lipinski definition) is 4. The fraction of sp³-hybridized carbons (Fsp3) is 0.524. The number of benzene rings is 1. The summed E-state index contributed by atoms with van der Waals surface area (Å²) < 4.78 is 10.5. The van der Waals surface area contributed by atoms with Gasteiger partial charge in [-0.15, -0.1) is 0 Å². The summed E-state index contributed by atoms with van der Waals surface area (Å²) in [5, 5.41) is 3.27. The molecule has 0 bridgehead atoms. The maximum Gasteiger partial charge on any atom is 0.293 e. The lowest BCUT2D eigenvalue weighted by atomic mass is 9.74. The summed E-state index contributed by atoms with van der Waals surface area (Å²) >= 11 is 0. The average Bonchev–Trinajstić information content (AvgIpc) is 2.89. The van der Waals surface area contributed by atoms with Crippen LogP contribution < -0.4 is 5.32 Å². The lowest BCUT2D eigenvalue weighted by Crippen LogP contribution is -2.48. The molecular formula is C21H27NO4. The fourth-order valence-corrected chi connectivity index (χ4v) is 4.34. The van der Waals surface area contributed by atoms with E-state index in [1.165, 1.54) is 0 Å². The third kappa shape index (κ3) is 3.40. The Hall–Kier alpha value is -2.14. The number of amides is 1. The summed E-state index contributed by atoms with van der Waals surface area (Å²) in [5.74, 6) is -0.0179. The number of rotatable bonds is 6. The molecule has 1 aliphatic carbocycles. The van der Waals surface area contributed by atoms with E-state index in [-0.39, 0.29) is 24.2 Å². The Morgan fingerprint density at radius 3 is 2.65 bits per heavy atom. The van der Waals surface area contributed by atoms with Gasteiger partial charge in [0.15, 0.2) is 0 Å². The smallest absolute Gasteiger partial charge is 0.293 e. The topological polar surface area (TPSA) is 64.6 Å². The van der Waals surface area contributed by atoms with E-state index in [4.69, 9.17) is 9.47 Å². The first-order valence-corrected chi connectivity index (χ1v) is 9.22. The van der Waals surface area contributed by atoms with Crippen LogP contribution in [0.3, 0.4) is 0 Å². The number of carbonyl (C=O) groups is 2. The highest BCUT2D eigenvalue weighted by atomic mass is 16.5. The first kappa shape index (κ1) is 18.6. The van der Waals surface area contributed by atoms with E-state index in [1.54, 1.807) is 7.11 Å². The summed E-state index contributed by atoms with van der Waals surface area (Å²) in [7, 11) is 1.74. The van der Waals surface area contributed by atoms with Gasteiger partial charge < -0.3 is 14.8 Å². The molecule has 5 nitrogen and oxygen atoms in total. The quantitative estimate of drug-likeness (QED) is 0.628. The van der Waals surface area contributed by atoms with Gasteiger partial charge in [-0.05, 0) is 56.2 Å². The second kappa shape index (κ2) is 7.62. The molecule has 1 heterocycles. The zero-order valence-electron chi connectivity index (χ0n) is 15.8. The monoisotopic (exact) mass is 357 g/mol. The number of methoxy groups -OCH3 is 1. The molecule has 2 aliphatic rings. The molecule has 1 N–H and O–H groups in total. The Morgan fingerprint density at radius 2 is 2.00 bits per heavy atom. The van der Waals surface area contributed by atoms with Crippen LogP contribution in [0.1, 0.15) is 48.8 Å². The van der Waals surface area contributed by atoms with Crippen molar-refractivity contribution in [2.24, 2.45) is 0 Å². The number of aryl methyl sites for hydroxylation is 2. The van der Waals surface area contributed by atoms with E-state index < -0.39 is 0 Å². The molecule has 140 valence electrons. The average molecular weight is 357 g/mol. The van der Waals surface area contributed by atoms with Gasteiger partial charge in [0.2, 0.25) is 0 Å². The molecule has 1 fully saturated rings. The lowest BCUT2D eigenvalue weighted by molar-refractivity contribution is -0.128. The van der Waals surface area contributed by atoms with Gasteiger partial charge in [-0.25, -0.2) is 0 Å². The Morgan fingerprint density at radius 1 is 1.27 bits per heavy atom. The number of hydrogen-bond donors (Lipinski definition) is 1. The second-order valence-electron chi connectivity index (χ2n) is 7.36. The molecule has 1 aromatic carbocycles. The lowest BCUT2D eigenvalue weighted by Gasteiger charge is -2.39. The molecule has 3 rings (SSSR count). The van der Waals surface area contributed by atoms with Crippen molar-refractivity contribution in [1.82, 2.24) is 5.32 Å². The van der Waals surface area contributed by atoms with Crippen molar-refractivity contribution in [2.75, 3.05) is 13.7 Å². The van der Waals surface area contributed by atoms with Crippen molar-refractivity contribution in [1.29, 1.82) is 0 Å². The van der Waals surface area contributed by atoms with E-state index in [2.05, 4.69) is 23.5 Å². The minimum absolute atomic E-state index is 0.0179. The van der Waals surface area contributed by atoms with Gasteiger partial charge in [-0.1, -0.05) is 23.8 Å². The molecule has 0 saturated heterocycles. The summed E-state index contributed by atoms with van der Waals surface area (Å²) in [4.78, 5) is 23.6. The van der Waals surface area contributed by atoms with Crippen molar-refractivity contribution in [3.05, 3.63) is 40.5 Å². The molecule has 0 radical (unpaired) electrons. The molecular weight excluding hydrogens is 330 g/mol. The minimum atomic E-state index is -0.343. The van der Waals surface area contributed by atoms with Crippen molar-refractivity contribution in [2.45, 2.75) is 57.6 Å². The Labute approximate surface area is 154 Å². The fourth-order valence-electron chi connectivity index (χ4n) is 4.34. The maximum atomic E-state index is 13.0. The minimum Gasteiger partial charge on any atom is -0.468 e. The van der Waals surface area contributed by atoms with Crippen LogP contribution in [-0.4, -0.2) is 37.7 Å². The standard InChI is InChI=1S/C21H27NO4/c1-14-4-5-15(2)17(12-14)19-18(8-11-26-13-23)21(22-20(19)24)9-6-16(25-3)7-10-21/h4-5,12-13,16H,6-11H2,1-3H3,(H,22,24). The Bertz CT molecular complexity index is 730. The molecule has 1 amide bonds. The van der Waals surface area contributed by atoms with Gasteiger partial charge in [-0.2, -0.15) is 0 Å². The van der Waals surface area contributed by atoms with Gasteiger partial charge in [0.05, 0.1) is 18.2 Å². The predicted octanol–water partition coefficient (Wildman–Crippen LogP) is 3.08. The summed E-state index contributed by atoms with van der Waals surface area (Å²) in [6.07, 6.45) is 4.33. The van der Waals surface area contributed by atoms with Crippen molar-refractivity contribution in [3.8, 4) is 0 Å². The molecule has 0 atom stereocenters. The number of carbonyl (C=O) groups excluding carboxylic acids is 2. The van der Waals surface area contributed by atoms with Crippen LogP contribution in [0.5, 0.6) is 0 Å². The largest absolute Gasteiger partial charge is 0.468 e. The van der Waals surface area contributed by atoms with Crippen LogP contribution >= 0.6 is 0 Å². The molecule has 1 saturated carbocycles. The third-order valence-electron chi connectivity index (χ3n) is 5.78. The van der Waals surface area contributed by atoms with E-state index >= 15 is 0 Å². The molecule has 1 spiro atoms. The predicted molar refractivity (Wildman–Crippen MR) is 99.6 cm³/mol. The van der Waals surface area contributed by atoms with Gasteiger partial charge >= 0.3 is 0 Å². The zero-order chi connectivity index (χ0) is 18.7. The summed E-state index contributed by atoms with van der Waals surface area (Å²) in [6, 6.07) is 6.18. The molecule has 1 aromatic rings. The van der Waals surface area contributed by atoms with Gasteiger partial charge in [-0.3, -0.25) is 9.59 Å². The molecule has 26 heavy (non-hydrogen) atoms. The van der Waals surface area contributed by atoms with E-state index in [9.17, 15) is 9.59 Å². The highest BCUT2D eigenvalue weighted by Crippen LogP contribution is 2.45. The molecule has 0 unspecified atom stereocenters. The summed E-state index contributed by atoms with van der Waals surface area (Å²) in [5.41, 5.74) is 4.68. The van der Waals surface area contributed by atoms with Crippen LogP contribution in [0.2, 0.25) is 0 Å². The number of ether oxygens (including phenoxy) is 2. The molecule has 1 aliphatic heterocycles. The Balaban J connectivity index is 2.04. The van der Waals surface area contributed by atoms with Crippen LogP contribution in [-0.2, 0) is 19.1 Å². The number of nitrogens with one attached hydrogen (secondary N) is 1. The van der Waals surface area contributed by atoms with Crippen LogP contribution in [0.4, 0.5) is 0 Å². The van der Waals surface area contributed by atoms with Crippen LogP contribution in [0, 0.1) is 13.8 Å². The van der Waals surface area contributed by atoms with Gasteiger partial charge in [0.25, 0.3) is 12.4 Å². The first-order chi connectivity index (χ1) is 12.5. The van der Waals surface area contributed by atoms with Crippen LogP contribution in [0.25, 0.3) is 5.57 Å². The van der Waals surface area contributed by atoms with Crippen molar-refractivity contribution in [3.63, 3.8) is 0 Å².